The van der Waals surface area contributed by atoms with Crippen LogP contribution < -0.4 is 0 Å². The van der Waals surface area contributed by atoms with Gasteiger partial charge in [-0.25, -0.2) is 0 Å². The molecule has 6 rings (SSSR count). The van der Waals surface area contributed by atoms with Gasteiger partial charge in [0.15, 0.2) is 0 Å². The van der Waals surface area contributed by atoms with Crippen molar-refractivity contribution in [1.82, 2.24) is 0 Å². The average Bonchev–Trinajstić information content (AvgIpc) is 3.27. The van der Waals surface area contributed by atoms with E-state index in [1.54, 1.807) is 22.3 Å². The number of hydrogen-bond acceptors (Lipinski definition) is 0. The zero-order valence-electron chi connectivity index (χ0n) is 17.5. The Morgan fingerprint density at radius 2 is 1.57 bits per heavy atom. The van der Waals surface area contributed by atoms with Crippen molar-refractivity contribution >= 4 is 15.9 Å². The molecule has 1 unspecified atom stereocenters. The molecule has 0 saturated heterocycles. The highest BCUT2D eigenvalue weighted by molar-refractivity contribution is 9.12. The zero-order chi connectivity index (χ0) is 20.2. The highest BCUT2D eigenvalue weighted by Crippen LogP contribution is 2.51. The van der Waals surface area contributed by atoms with Crippen LogP contribution in [0.2, 0.25) is 0 Å². The minimum absolute atomic E-state index is 0.512. The first-order valence-electron chi connectivity index (χ1n) is 11.4. The molecule has 0 aliphatic heterocycles. The molecule has 0 radical (unpaired) electrons. The smallest absolute Gasteiger partial charge is 0.0243 e. The molecular weight excluding hydrogens is 428 g/mol. The van der Waals surface area contributed by atoms with Crippen LogP contribution >= 0.6 is 15.9 Å². The molecule has 0 nitrogen and oxygen atoms in total. The molecule has 2 aromatic carbocycles. The Balaban J connectivity index is 1.34. The van der Waals surface area contributed by atoms with Gasteiger partial charge in [0.05, 0.1) is 0 Å². The average molecular weight is 455 g/mol. The summed E-state index contributed by atoms with van der Waals surface area (Å²) in [5.41, 5.74) is 13.8. The van der Waals surface area contributed by atoms with Gasteiger partial charge in [-0.2, -0.15) is 0 Å². The SMILES string of the molecule is CC1=CC2C(=C1CCC1c3ccccc3-c3ccccc31)C=C(Br)C1=C2CCCC1. The molecule has 0 saturated carbocycles. The van der Waals surface area contributed by atoms with E-state index in [1.165, 1.54) is 64.4 Å². The van der Waals surface area contributed by atoms with Crippen molar-refractivity contribution in [3.63, 3.8) is 0 Å². The van der Waals surface area contributed by atoms with E-state index in [9.17, 15) is 0 Å². The highest BCUT2D eigenvalue weighted by atomic mass is 79.9. The molecule has 4 aliphatic rings. The maximum absolute atomic E-state index is 3.92. The van der Waals surface area contributed by atoms with E-state index in [0.717, 1.165) is 6.42 Å². The highest BCUT2D eigenvalue weighted by Gasteiger charge is 2.34. The molecule has 1 atom stereocenters. The van der Waals surface area contributed by atoms with E-state index in [2.05, 4.69) is 83.5 Å². The number of halogens is 1. The summed E-state index contributed by atoms with van der Waals surface area (Å²) >= 11 is 3.92. The molecule has 0 aromatic heterocycles. The Labute approximate surface area is 188 Å². The van der Waals surface area contributed by atoms with E-state index >= 15 is 0 Å². The van der Waals surface area contributed by atoms with Gasteiger partial charge in [-0.1, -0.05) is 81.7 Å². The first-order chi connectivity index (χ1) is 14.7. The molecule has 4 aliphatic carbocycles. The molecule has 0 N–H and O–H groups in total. The van der Waals surface area contributed by atoms with Crippen LogP contribution in [0.3, 0.4) is 0 Å². The van der Waals surface area contributed by atoms with Crippen LogP contribution in [0.4, 0.5) is 0 Å². The fourth-order valence-electron chi connectivity index (χ4n) is 6.29. The molecule has 30 heavy (non-hydrogen) atoms. The Hall–Kier alpha value is -2.12. The Morgan fingerprint density at radius 3 is 2.30 bits per heavy atom. The van der Waals surface area contributed by atoms with Crippen LogP contribution in [0, 0.1) is 5.92 Å². The molecule has 1 heteroatoms. The summed E-state index contributed by atoms with van der Waals surface area (Å²) in [6.45, 7) is 2.34. The van der Waals surface area contributed by atoms with Crippen molar-refractivity contribution in [2.24, 2.45) is 5.92 Å². The maximum Gasteiger partial charge on any atom is 0.0243 e. The second kappa shape index (κ2) is 7.24. The largest absolute Gasteiger partial charge is 0.0697 e. The van der Waals surface area contributed by atoms with E-state index in [0.29, 0.717) is 11.8 Å². The predicted molar refractivity (Wildman–Crippen MR) is 130 cm³/mol. The molecule has 2 aromatic rings. The maximum atomic E-state index is 3.92. The topological polar surface area (TPSA) is 0 Å². The van der Waals surface area contributed by atoms with Crippen LogP contribution in [0.15, 0.2) is 93.0 Å². The number of benzene rings is 2. The van der Waals surface area contributed by atoms with Gasteiger partial charge in [0, 0.05) is 16.3 Å². The van der Waals surface area contributed by atoms with Crippen molar-refractivity contribution < 1.29 is 0 Å². The van der Waals surface area contributed by atoms with E-state index in [4.69, 9.17) is 0 Å². The van der Waals surface area contributed by atoms with E-state index < -0.39 is 0 Å². The van der Waals surface area contributed by atoms with E-state index in [-0.39, 0.29) is 0 Å². The molecule has 0 heterocycles. The van der Waals surface area contributed by atoms with Gasteiger partial charge in [-0.3, -0.25) is 0 Å². The van der Waals surface area contributed by atoms with Gasteiger partial charge in [0.2, 0.25) is 0 Å². The fourth-order valence-corrected chi connectivity index (χ4v) is 6.99. The van der Waals surface area contributed by atoms with Crippen LogP contribution in [0.1, 0.15) is 62.5 Å². The van der Waals surface area contributed by atoms with Crippen LogP contribution in [0.25, 0.3) is 11.1 Å². The summed E-state index contributed by atoms with van der Waals surface area (Å²) in [5.74, 6) is 1.05. The van der Waals surface area contributed by atoms with Gasteiger partial charge in [-0.05, 0) is 90.5 Å². The molecule has 0 fully saturated rings. The van der Waals surface area contributed by atoms with Gasteiger partial charge in [0.25, 0.3) is 0 Å². The zero-order valence-corrected chi connectivity index (χ0v) is 19.1. The van der Waals surface area contributed by atoms with Crippen LogP contribution in [0.5, 0.6) is 0 Å². The summed E-state index contributed by atoms with van der Waals surface area (Å²) < 4.78 is 1.35. The predicted octanol–water partition coefficient (Wildman–Crippen LogP) is 8.61. The second-order valence-corrected chi connectivity index (χ2v) is 10.1. The number of rotatable bonds is 3. The molecular formula is C29H27Br. The van der Waals surface area contributed by atoms with Crippen LogP contribution in [-0.4, -0.2) is 0 Å². The Kier molecular flexibility index (Phi) is 4.49. The summed E-state index contributed by atoms with van der Waals surface area (Å²) in [6, 6.07) is 18.0. The molecule has 0 amide bonds. The lowest BCUT2D eigenvalue weighted by Gasteiger charge is -2.30. The minimum atomic E-state index is 0.512. The molecule has 0 spiro atoms. The number of hydrogen-bond donors (Lipinski definition) is 0. The van der Waals surface area contributed by atoms with Crippen molar-refractivity contribution in [1.29, 1.82) is 0 Å². The third-order valence-corrected chi connectivity index (χ3v) is 8.39. The summed E-state index contributed by atoms with van der Waals surface area (Å²) in [7, 11) is 0. The third-order valence-electron chi connectivity index (χ3n) is 7.68. The number of fused-ring (bicyclic) bond motifs is 5. The first kappa shape index (κ1) is 18.6. The lowest BCUT2D eigenvalue weighted by molar-refractivity contribution is 0.635. The van der Waals surface area contributed by atoms with Gasteiger partial charge >= 0.3 is 0 Å². The molecule has 150 valence electrons. The number of allylic oxidation sites excluding steroid dienone is 8. The van der Waals surface area contributed by atoms with Crippen molar-refractivity contribution in [3.05, 3.63) is 104 Å². The monoisotopic (exact) mass is 454 g/mol. The minimum Gasteiger partial charge on any atom is -0.0697 e. The van der Waals surface area contributed by atoms with Crippen LogP contribution in [-0.2, 0) is 0 Å². The van der Waals surface area contributed by atoms with Gasteiger partial charge < -0.3 is 0 Å². The standard InChI is InChI=1S/C29H27Br/c1-18-16-27-24-12-6-7-13-26(24)29(30)17-28(27)19(18)14-15-25-22-10-4-2-8-20(22)21-9-3-5-11-23(21)25/h2-5,8-11,16-17,25,27H,6-7,12-15H2,1H3. The van der Waals surface area contributed by atoms with Crippen molar-refractivity contribution in [3.8, 4) is 11.1 Å². The first-order valence-corrected chi connectivity index (χ1v) is 12.2. The summed E-state index contributed by atoms with van der Waals surface area (Å²) in [4.78, 5) is 0. The normalized spacial score (nSPS) is 22.4. The lowest BCUT2D eigenvalue weighted by Crippen LogP contribution is -2.14. The van der Waals surface area contributed by atoms with Gasteiger partial charge in [0.1, 0.15) is 0 Å². The van der Waals surface area contributed by atoms with Crippen molar-refractivity contribution in [2.45, 2.75) is 51.4 Å². The van der Waals surface area contributed by atoms with Crippen molar-refractivity contribution in [2.75, 3.05) is 0 Å². The Bertz CT molecular complexity index is 1120. The lowest BCUT2D eigenvalue weighted by atomic mass is 9.77. The quantitative estimate of drug-likeness (QED) is 0.435. The van der Waals surface area contributed by atoms with E-state index in [1.807, 2.05) is 0 Å². The van der Waals surface area contributed by atoms with Gasteiger partial charge in [-0.15, -0.1) is 0 Å². The Morgan fingerprint density at radius 1 is 0.900 bits per heavy atom. The molecule has 0 bridgehead atoms. The summed E-state index contributed by atoms with van der Waals surface area (Å²) in [5, 5.41) is 0. The fraction of sp³-hybridized carbons (Fsp3) is 0.310. The third kappa shape index (κ3) is 2.78. The second-order valence-electron chi connectivity index (χ2n) is 9.23. The summed E-state index contributed by atoms with van der Waals surface area (Å²) in [6.07, 6.45) is 12.5.